The lowest BCUT2D eigenvalue weighted by Crippen LogP contribution is -2.33. The van der Waals surface area contributed by atoms with Crippen molar-refractivity contribution < 1.29 is 0 Å². The van der Waals surface area contributed by atoms with Gasteiger partial charge in [-0.1, -0.05) is 20.3 Å². The van der Waals surface area contributed by atoms with Gasteiger partial charge in [0.15, 0.2) is 0 Å². The third kappa shape index (κ3) is 2.43. The van der Waals surface area contributed by atoms with Crippen LogP contribution in [0, 0.1) is 5.92 Å². The van der Waals surface area contributed by atoms with E-state index in [9.17, 15) is 0 Å². The van der Waals surface area contributed by atoms with Crippen molar-refractivity contribution in [1.29, 1.82) is 0 Å². The largest absolute Gasteiger partial charge is 0.370 e. The zero-order valence-corrected chi connectivity index (χ0v) is 8.38. The first-order valence-corrected chi connectivity index (χ1v) is 4.92. The number of nitrogens with zero attached hydrogens (tertiary/aromatic N) is 1. The summed E-state index contributed by atoms with van der Waals surface area (Å²) >= 11 is 0. The van der Waals surface area contributed by atoms with E-state index in [1.165, 1.54) is 19.4 Å². The van der Waals surface area contributed by atoms with Crippen molar-refractivity contribution in [2.75, 3.05) is 6.54 Å². The van der Waals surface area contributed by atoms with Crippen molar-refractivity contribution in [2.45, 2.75) is 39.8 Å². The van der Waals surface area contributed by atoms with Crippen molar-refractivity contribution in [3.05, 3.63) is 12.4 Å². The molecule has 1 heterocycles. The van der Waals surface area contributed by atoms with Gasteiger partial charge in [0.25, 0.3) is 0 Å². The molecule has 2 nitrogen and oxygen atoms in total. The summed E-state index contributed by atoms with van der Waals surface area (Å²) in [6.45, 7) is 7.94. The van der Waals surface area contributed by atoms with Crippen LogP contribution in [0.4, 0.5) is 0 Å². The molecule has 0 spiro atoms. The first kappa shape index (κ1) is 9.43. The maximum atomic E-state index is 3.26. The average Bonchev–Trinajstić information content (AvgIpc) is 2.47. The molecule has 1 rings (SSSR count). The van der Waals surface area contributed by atoms with Crippen molar-refractivity contribution in [2.24, 2.45) is 5.92 Å². The molecule has 2 atom stereocenters. The van der Waals surface area contributed by atoms with E-state index in [0.717, 1.165) is 5.92 Å². The Labute approximate surface area is 75.6 Å². The summed E-state index contributed by atoms with van der Waals surface area (Å²) in [7, 11) is 0. The maximum absolute atomic E-state index is 3.26. The highest BCUT2D eigenvalue weighted by atomic mass is 15.3. The van der Waals surface area contributed by atoms with Gasteiger partial charge >= 0.3 is 0 Å². The van der Waals surface area contributed by atoms with Crippen molar-refractivity contribution in [3.8, 4) is 0 Å². The fourth-order valence-corrected chi connectivity index (χ4v) is 1.34. The molecular formula is C10H20N2. The van der Waals surface area contributed by atoms with Gasteiger partial charge in [-0.2, -0.15) is 0 Å². The molecule has 0 saturated carbocycles. The van der Waals surface area contributed by atoms with Gasteiger partial charge in [-0.05, 0) is 19.3 Å². The minimum atomic E-state index is 0.494. The van der Waals surface area contributed by atoms with E-state index in [1.807, 2.05) is 6.20 Å². The maximum Gasteiger partial charge on any atom is 0.0952 e. The number of nitrogens with one attached hydrogen (secondary N) is 1. The lowest BCUT2D eigenvalue weighted by molar-refractivity contribution is 0.275. The molecule has 0 radical (unpaired) electrons. The normalized spacial score (nSPS) is 24.2. The van der Waals surface area contributed by atoms with Crippen LogP contribution in [-0.2, 0) is 0 Å². The van der Waals surface area contributed by atoms with Gasteiger partial charge in [0, 0.05) is 18.9 Å². The second kappa shape index (κ2) is 4.39. The molecular weight excluding hydrogens is 148 g/mol. The summed E-state index contributed by atoms with van der Waals surface area (Å²) in [5, 5.41) is 3.26. The molecule has 0 amide bonds. The molecule has 0 saturated heterocycles. The second-order valence-corrected chi connectivity index (χ2v) is 3.70. The van der Waals surface area contributed by atoms with E-state index < -0.39 is 0 Å². The van der Waals surface area contributed by atoms with Crippen molar-refractivity contribution in [3.63, 3.8) is 0 Å². The fraction of sp³-hybridized carbons (Fsp3) is 0.800. The van der Waals surface area contributed by atoms with Gasteiger partial charge in [-0.15, -0.1) is 0 Å². The van der Waals surface area contributed by atoms with Crippen LogP contribution in [0.15, 0.2) is 12.4 Å². The molecule has 1 aliphatic heterocycles. The van der Waals surface area contributed by atoms with E-state index in [4.69, 9.17) is 0 Å². The quantitative estimate of drug-likeness (QED) is 0.692. The number of hydrogen-bond acceptors (Lipinski definition) is 2. The van der Waals surface area contributed by atoms with Crippen LogP contribution in [0.5, 0.6) is 0 Å². The van der Waals surface area contributed by atoms with Gasteiger partial charge in [-0.25, -0.2) is 0 Å². The molecule has 1 N–H and O–H groups in total. The zero-order chi connectivity index (χ0) is 8.97. The SMILES string of the molecule is CCC(C)CCN1C=CNC1C. The number of rotatable bonds is 4. The average molecular weight is 168 g/mol. The third-order valence-electron chi connectivity index (χ3n) is 2.68. The third-order valence-corrected chi connectivity index (χ3v) is 2.68. The summed E-state index contributed by atoms with van der Waals surface area (Å²) in [6.07, 6.45) is 7.26. The molecule has 0 bridgehead atoms. The predicted octanol–water partition coefficient (Wildman–Crippen LogP) is 2.14. The van der Waals surface area contributed by atoms with E-state index >= 15 is 0 Å². The highest BCUT2D eigenvalue weighted by Gasteiger charge is 2.12. The topological polar surface area (TPSA) is 15.3 Å². The summed E-state index contributed by atoms with van der Waals surface area (Å²) in [5.41, 5.74) is 0. The predicted molar refractivity (Wildman–Crippen MR) is 52.5 cm³/mol. The molecule has 70 valence electrons. The Morgan fingerprint density at radius 2 is 2.33 bits per heavy atom. The standard InChI is InChI=1S/C10H20N2/c1-4-9(2)5-7-12-8-6-11-10(12)3/h6,8-11H,4-5,7H2,1-3H3. The smallest absolute Gasteiger partial charge is 0.0952 e. The van der Waals surface area contributed by atoms with Gasteiger partial charge in [-0.3, -0.25) is 0 Å². The molecule has 0 fully saturated rings. The van der Waals surface area contributed by atoms with Crippen LogP contribution < -0.4 is 5.32 Å². The Kier molecular flexibility index (Phi) is 3.45. The minimum Gasteiger partial charge on any atom is -0.370 e. The molecule has 2 heteroatoms. The first-order chi connectivity index (χ1) is 5.74. The molecule has 1 aliphatic rings. The van der Waals surface area contributed by atoms with Crippen LogP contribution in [0.3, 0.4) is 0 Å². The van der Waals surface area contributed by atoms with E-state index in [2.05, 4.69) is 37.2 Å². The molecule has 12 heavy (non-hydrogen) atoms. The van der Waals surface area contributed by atoms with E-state index in [1.54, 1.807) is 0 Å². The van der Waals surface area contributed by atoms with Gasteiger partial charge in [0.2, 0.25) is 0 Å². The Balaban J connectivity index is 2.18. The first-order valence-electron chi connectivity index (χ1n) is 4.92. The van der Waals surface area contributed by atoms with Crippen molar-refractivity contribution in [1.82, 2.24) is 10.2 Å². The molecule has 0 aliphatic carbocycles. The van der Waals surface area contributed by atoms with Crippen molar-refractivity contribution >= 4 is 0 Å². The number of hydrogen-bond donors (Lipinski definition) is 1. The van der Waals surface area contributed by atoms with E-state index in [0.29, 0.717) is 6.17 Å². The van der Waals surface area contributed by atoms with Gasteiger partial charge < -0.3 is 10.2 Å². The molecule has 0 aromatic heterocycles. The summed E-state index contributed by atoms with van der Waals surface area (Å²) < 4.78 is 0. The van der Waals surface area contributed by atoms with E-state index in [-0.39, 0.29) is 0 Å². The van der Waals surface area contributed by atoms with Gasteiger partial charge in [0.1, 0.15) is 0 Å². The summed E-state index contributed by atoms with van der Waals surface area (Å²) in [4.78, 5) is 2.35. The van der Waals surface area contributed by atoms with Crippen LogP contribution in [0.1, 0.15) is 33.6 Å². The molecule has 2 unspecified atom stereocenters. The Bertz CT molecular complexity index is 154. The minimum absolute atomic E-state index is 0.494. The Morgan fingerprint density at radius 1 is 1.58 bits per heavy atom. The fourth-order valence-electron chi connectivity index (χ4n) is 1.34. The molecule has 0 aromatic carbocycles. The summed E-state index contributed by atoms with van der Waals surface area (Å²) in [5.74, 6) is 0.853. The second-order valence-electron chi connectivity index (χ2n) is 3.70. The van der Waals surface area contributed by atoms with Crippen LogP contribution >= 0.6 is 0 Å². The van der Waals surface area contributed by atoms with Crippen LogP contribution in [-0.4, -0.2) is 17.6 Å². The van der Waals surface area contributed by atoms with Crippen LogP contribution in [0.25, 0.3) is 0 Å². The monoisotopic (exact) mass is 168 g/mol. The Morgan fingerprint density at radius 3 is 2.83 bits per heavy atom. The molecule has 0 aromatic rings. The Hall–Kier alpha value is -0.660. The lowest BCUT2D eigenvalue weighted by atomic mass is 10.1. The lowest BCUT2D eigenvalue weighted by Gasteiger charge is -2.23. The highest BCUT2D eigenvalue weighted by molar-refractivity contribution is 4.92. The van der Waals surface area contributed by atoms with Gasteiger partial charge in [0.05, 0.1) is 6.17 Å². The highest BCUT2D eigenvalue weighted by Crippen LogP contribution is 2.11. The van der Waals surface area contributed by atoms with Crippen LogP contribution in [0.2, 0.25) is 0 Å². The summed E-state index contributed by atoms with van der Waals surface area (Å²) in [6, 6.07) is 0. The zero-order valence-electron chi connectivity index (χ0n) is 8.38.